The zero-order valence-corrected chi connectivity index (χ0v) is 10.2. The van der Waals surface area contributed by atoms with Gasteiger partial charge in [0.25, 0.3) is 0 Å². The Kier molecular flexibility index (Phi) is 2.52. The van der Waals surface area contributed by atoms with E-state index in [1.165, 1.54) is 6.20 Å². The van der Waals surface area contributed by atoms with Crippen molar-refractivity contribution < 1.29 is 9.90 Å². The molecule has 5 nitrogen and oxygen atoms in total. The first-order valence-electron chi connectivity index (χ1n) is 5.80. The zero-order valence-electron chi connectivity index (χ0n) is 10.2. The molecule has 2 aromatic heterocycles. The maximum atomic E-state index is 11.2. The molecule has 0 aliphatic carbocycles. The van der Waals surface area contributed by atoms with Crippen molar-refractivity contribution in [2.45, 2.75) is 6.92 Å². The molecule has 0 amide bonds. The summed E-state index contributed by atoms with van der Waals surface area (Å²) >= 11 is 0. The highest BCUT2D eigenvalue weighted by Gasteiger charge is 2.18. The fourth-order valence-corrected chi connectivity index (χ4v) is 2.11. The average molecular weight is 253 g/mol. The van der Waals surface area contributed by atoms with Crippen molar-refractivity contribution in [3.8, 4) is 11.4 Å². The average Bonchev–Trinajstić information content (AvgIpc) is 2.79. The number of rotatable bonds is 2. The van der Waals surface area contributed by atoms with Crippen molar-refractivity contribution in [1.82, 2.24) is 14.4 Å². The molecule has 3 aromatic rings. The highest BCUT2D eigenvalue weighted by molar-refractivity contribution is 5.94. The van der Waals surface area contributed by atoms with Gasteiger partial charge in [-0.05, 0) is 12.5 Å². The van der Waals surface area contributed by atoms with Crippen LogP contribution in [0.5, 0.6) is 0 Å². The molecule has 0 bridgehead atoms. The largest absolute Gasteiger partial charge is 0.476 e. The Bertz CT molecular complexity index is 777. The maximum Gasteiger partial charge on any atom is 0.356 e. The first kappa shape index (κ1) is 11.4. The lowest BCUT2D eigenvalue weighted by Gasteiger charge is -2.03. The molecule has 5 heteroatoms. The Labute approximate surface area is 109 Å². The third-order valence-corrected chi connectivity index (χ3v) is 3.04. The molecule has 19 heavy (non-hydrogen) atoms. The number of aromatic carboxylic acids is 1. The molecule has 0 fully saturated rings. The molecular formula is C14H11N3O2. The number of benzene rings is 1. The monoisotopic (exact) mass is 253 g/mol. The van der Waals surface area contributed by atoms with Crippen molar-refractivity contribution in [3.05, 3.63) is 54.1 Å². The van der Waals surface area contributed by atoms with Gasteiger partial charge in [-0.3, -0.25) is 9.38 Å². The molecule has 0 aliphatic heterocycles. The predicted octanol–water partition coefficient (Wildman–Crippen LogP) is 2.40. The smallest absolute Gasteiger partial charge is 0.356 e. The van der Waals surface area contributed by atoms with E-state index in [0.717, 1.165) is 11.1 Å². The minimum Gasteiger partial charge on any atom is -0.476 e. The number of hydrogen-bond acceptors (Lipinski definition) is 3. The van der Waals surface area contributed by atoms with Crippen LogP contribution in [-0.2, 0) is 0 Å². The number of imidazole rings is 1. The van der Waals surface area contributed by atoms with E-state index in [0.29, 0.717) is 11.3 Å². The van der Waals surface area contributed by atoms with E-state index in [9.17, 15) is 9.90 Å². The van der Waals surface area contributed by atoms with Crippen LogP contribution in [0, 0.1) is 6.92 Å². The minimum atomic E-state index is -1.05. The van der Waals surface area contributed by atoms with E-state index >= 15 is 0 Å². The molecule has 0 atom stereocenters. The Morgan fingerprint density at radius 1 is 1.32 bits per heavy atom. The predicted molar refractivity (Wildman–Crippen MR) is 70.1 cm³/mol. The summed E-state index contributed by atoms with van der Waals surface area (Å²) < 4.78 is 1.75. The second-order valence-electron chi connectivity index (χ2n) is 4.24. The van der Waals surface area contributed by atoms with Crippen LogP contribution < -0.4 is 0 Å². The summed E-state index contributed by atoms with van der Waals surface area (Å²) in [6, 6.07) is 7.74. The first-order valence-corrected chi connectivity index (χ1v) is 5.80. The van der Waals surface area contributed by atoms with E-state index in [2.05, 4.69) is 9.97 Å². The van der Waals surface area contributed by atoms with Gasteiger partial charge in [-0.1, -0.05) is 24.3 Å². The lowest BCUT2D eigenvalue weighted by molar-refractivity contribution is 0.0693. The fraction of sp³-hybridized carbons (Fsp3) is 0.0714. The number of aryl methyl sites for hydroxylation is 1. The summed E-state index contributed by atoms with van der Waals surface area (Å²) in [7, 11) is 0. The molecule has 0 unspecified atom stereocenters. The fourth-order valence-electron chi connectivity index (χ4n) is 2.11. The summed E-state index contributed by atoms with van der Waals surface area (Å²) in [6.07, 6.45) is 4.84. The van der Waals surface area contributed by atoms with Crippen LogP contribution in [0.1, 0.15) is 16.1 Å². The number of hydrogen-bond donors (Lipinski definition) is 1. The van der Waals surface area contributed by atoms with Crippen molar-refractivity contribution in [2.75, 3.05) is 0 Å². The number of carboxylic acids is 1. The first-order chi connectivity index (χ1) is 9.18. The van der Waals surface area contributed by atoms with Gasteiger partial charge in [0.15, 0.2) is 5.69 Å². The van der Waals surface area contributed by atoms with Crippen molar-refractivity contribution >= 4 is 11.5 Å². The zero-order chi connectivity index (χ0) is 13.4. The molecule has 0 aliphatic rings. The third-order valence-electron chi connectivity index (χ3n) is 3.04. The van der Waals surface area contributed by atoms with Gasteiger partial charge in [-0.25, -0.2) is 9.78 Å². The molecular weight excluding hydrogens is 242 g/mol. The topological polar surface area (TPSA) is 67.5 Å². The summed E-state index contributed by atoms with van der Waals surface area (Å²) in [5.41, 5.74) is 2.47. The highest BCUT2D eigenvalue weighted by Crippen LogP contribution is 2.24. The number of carboxylic acid groups (broad SMARTS) is 1. The van der Waals surface area contributed by atoms with Crippen LogP contribution in [0.25, 0.3) is 16.9 Å². The van der Waals surface area contributed by atoms with Crippen molar-refractivity contribution in [1.29, 1.82) is 0 Å². The normalized spacial score (nSPS) is 10.8. The molecule has 0 saturated carbocycles. The Morgan fingerprint density at radius 3 is 2.84 bits per heavy atom. The standard InChI is InChI=1S/C14H11N3O2/c1-9-4-2-3-5-10(9)13-16-12(14(18)19)11-8-15-6-7-17(11)13/h2-8H,1H3,(H,18,19). The second kappa shape index (κ2) is 4.20. The van der Waals surface area contributed by atoms with Gasteiger partial charge in [-0.15, -0.1) is 0 Å². The van der Waals surface area contributed by atoms with Crippen LogP contribution in [0.4, 0.5) is 0 Å². The Balaban J connectivity index is 2.37. The summed E-state index contributed by atoms with van der Waals surface area (Å²) in [4.78, 5) is 19.4. The summed E-state index contributed by atoms with van der Waals surface area (Å²) in [6.45, 7) is 1.97. The number of fused-ring (bicyclic) bond motifs is 1. The third kappa shape index (κ3) is 1.76. The molecule has 0 spiro atoms. The Morgan fingerprint density at radius 2 is 2.11 bits per heavy atom. The van der Waals surface area contributed by atoms with Crippen molar-refractivity contribution in [2.24, 2.45) is 0 Å². The van der Waals surface area contributed by atoms with Gasteiger partial charge < -0.3 is 5.11 Å². The van der Waals surface area contributed by atoms with E-state index < -0.39 is 5.97 Å². The number of nitrogens with zero attached hydrogens (tertiary/aromatic N) is 3. The van der Waals surface area contributed by atoms with Crippen LogP contribution in [0.2, 0.25) is 0 Å². The Hall–Kier alpha value is -2.69. The number of carbonyl (C=O) groups is 1. The molecule has 3 rings (SSSR count). The lowest BCUT2D eigenvalue weighted by atomic mass is 10.1. The van der Waals surface area contributed by atoms with E-state index in [1.807, 2.05) is 31.2 Å². The van der Waals surface area contributed by atoms with E-state index in [4.69, 9.17) is 0 Å². The van der Waals surface area contributed by atoms with Crippen LogP contribution >= 0.6 is 0 Å². The summed E-state index contributed by atoms with van der Waals surface area (Å²) in [5, 5.41) is 9.21. The van der Waals surface area contributed by atoms with Gasteiger partial charge in [0.05, 0.1) is 11.7 Å². The van der Waals surface area contributed by atoms with Crippen LogP contribution in [0.15, 0.2) is 42.9 Å². The van der Waals surface area contributed by atoms with E-state index in [1.54, 1.807) is 16.8 Å². The van der Waals surface area contributed by atoms with Gasteiger partial charge >= 0.3 is 5.97 Å². The maximum absolute atomic E-state index is 11.2. The highest BCUT2D eigenvalue weighted by atomic mass is 16.4. The van der Waals surface area contributed by atoms with Gasteiger partial charge in [0.1, 0.15) is 5.82 Å². The molecule has 0 saturated heterocycles. The number of aromatic nitrogens is 3. The van der Waals surface area contributed by atoms with Crippen molar-refractivity contribution in [3.63, 3.8) is 0 Å². The minimum absolute atomic E-state index is 0.0198. The molecule has 1 N–H and O–H groups in total. The van der Waals surface area contributed by atoms with Gasteiger partial charge in [0, 0.05) is 18.0 Å². The van der Waals surface area contributed by atoms with Crippen LogP contribution in [-0.4, -0.2) is 25.4 Å². The molecule has 0 radical (unpaired) electrons. The second-order valence-corrected chi connectivity index (χ2v) is 4.24. The lowest BCUT2D eigenvalue weighted by Crippen LogP contribution is -1.97. The SMILES string of the molecule is Cc1ccccc1-c1nc(C(=O)O)c2cnccn12. The van der Waals surface area contributed by atoms with Gasteiger partial charge in [0.2, 0.25) is 0 Å². The van der Waals surface area contributed by atoms with Crippen LogP contribution in [0.3, 0.4) is 0 Å². The molecule has 1 aromatic carbocycles. The quantitative estimate of drug-likeness (QED) is 0.761. The molecule has 2 heterocycles. The van der Waals surface area contributed by atoms with E-state index in [-0.39, 0.29) is 5.69 Å². The summed E-state index contributed by atoms with van der Waals surface area (Å²) in [5.74, 6) is -0.432. The van der Waals surface area contributed by atoms with Gasteiger partial charge in [-0.2, -0.15) is 0 Å². The molecule has 94 valence electrons.